The maximum Gasteiger partial charge on any atom is 0.284 e. The number of nitrogens with zero attached hydrogens (tertiary/aromatic N) is 2. The Kier molecular flexibility index (Phi) is 6.03. The minimum atomic E-state index is -0.538. The molecule has 1 N–H and O–H groups in total. The number of hydrogen-bond acceptors (Lipinski definition) is 4. The van der Waals surface area contributed by atoms with Gasteiger partial charge in [-0.3, -0.25) is 14.9 Å². The van der Waals surface area contributed by atoms with Gasteiger partial charge in [-0.1, -0.05) is 36.4 Å². The first-order valence-electron chi connectivity index (χ1n) is 7.34. The van der Waals surface area contributed by atoms with Gasteiger partial charge in [0.15, 0.2) is 0 Å². The normalized spacial score (nSPS) is 12.1. The number of amides is 1. The lowest BCUT2D eigenvalue weighted by molar-refractivity contribution is -0.385. The maximum atomic E-state index is 12.3. The molecule has 25 heavy (non-hydrogen) atoms. The van der Waals surface area contributed by atoms with Gasteiger partial charge >= 0.3 is 0 Å². The van der Waals surface area contributed by atoms with E-state index in [1.807, 2.05) is 43.3 Å². The van der Waals surface area contributed by atoms with Crippen molar-refractivity contribution in [1.29, 1.82) is 5.26 Å². The molecule has 0 aliphatic rings. The van der Waals surface area contributed by atoms with Crippen molar-refractivity contribution in [1.82, 2.24) is 5.32 Å². The average Bonchev–Trinajstić information content (AvgIpc) is 2.61. The van der Waals surface area contributed by atoms with E-state index >= 15 is 0 Å². The van der Waals surface area contributed by atoms with Crippen LogP contribution in [-0.2, 0) is 4.79 Å². The van der Waals surface area contributed by atoms with Gasteiger partial charge in [-0.05, 0) is 46.1 Å². The predicted molar refractivity (Wildman–Crippen MR) is 97.4 cm³/mol. The second-order valence-electron chi connectivity index (χ2n) is 5.24. The lowest BCUT2D eigenvalue weighted by atomic mass is 10.1. The van der Waals surface area contributed by atoms with Crippen molar-refractivity contribution in [2.75, 3.05) is 0 Å². The number of carbonyl (C=O) groups excluding carboxylic acids is 1. The largest absolute Gasteiger partial charge is 0.345 e. The van der Waals surface area contributed by atoms with Crippen molar-refractivity contribution < 1.29 is 9.72 Å². The molecule has 0 aliphatic carbocycles. The molecular formula is C18H14BrN3O3. The van der Waals surface area contributed by atoms with Crippen LogP contribution in [0, 0.1) is 21.4 Å². The van der Waals surface area contributed by atoms with E-state index < -0.39 is 10.8 Å². The first kappa shape index (κ1) is 18.4. The summed E-state index contributed by atoms with van der Waals surface area (Å²) in [6, 6.07) is 15.3. The van der Waals surface area contributed by atoms with Gasteiger partial charge in [0.25, 0.3) is 11.6 Å². The number of nitrogens with one attached hydrogen (secondary N) is 1. The number of hydrogen-bond donors (Lipinski definition) is 1. The van der Waals surface area contributed by atoms with Crippen LogP contribution in [0.4, 0.5) is 5.69 Å². The predicted octanol–water partition coefficient (Wildman–Crippen LogP) is 4.14. The quantitative estimate of drug-likeness (QED) is 0.353. The molecule has 6 nitrogen and oxygen atoms in total. The first-order valence-corrected chi connectivity index (χ1v) is 8.13. The van der Waals surface area contributed by atoms with Crippen LogP contribution in [0.15, 0.2) is 58.6 Å². The van der Waals surface area contributed by atoms with E-state index in [0.29, 0.717) is 10.0 Å². The van der Waals surface area contributed by atoms with E-state index in [9.17, 15) is 20.2 Å². The fourth-order valence-electron chi connectivity index (χ4n) is 2.17. The summed E-state index contributed by atoms with van der Waals surface area (Å²) in [6.45, 7) is 1.81. The van der Waals surface area contributed by atoms with Crippen LogP contribution in [0.1, 0.15) is 24.1 Å². The zero-order valence-corrected chi connectivity index (χ0v) is 14.9. The highest BCUT2D eigenvalue weighted by Gasteiger charge is 2.16. The van der Waals surface area contributed by atoms with Gasteiger partial charge in [0, 0.05) is 6.07 Å². The number of nitro groups is 1. The molecule has 1 amide bonds. The summed E-state index contributed by atoms with van der Waals surface area (Å²) < 4.78 is 0.329. The number of nitro benzene ring substituents is 1. The molecule has 0 saturated carbocycles. The zero-order valence-electron chi connectivity index (χ0n) is 13.3. The number of rotatable bonds is 5. The Labute approximate surface area is 153 Å². The maximum absolute atomic E-state index is 12.3. The summed E-state index contributed by atoms with van der Waals surface area (Å²) in [6.07, 6.45) is 1.33. The molecule has 0 heterocycles. The molecule has 7 heteroatoms. The highest BCUT2D eigenvalue weighted by atomic mass is 79.9. The summed E-state index contributed by atoms with van der Waals surface area (Å²) in [5.41, 5.74) is 1.05. The highest BCUT2D eigenvalue weighted by molar-refractivity contribution is 9.10. The van der Waals surface area contributed by atoms with E-state index in [-0.39, 0.29) is 17.3 Å². The van der Waals surface area contributed by atoms with Gasteiger partial charge in [0.1, 0.15) is 11.6 Å². The van der Waals surface area contributed by atoms with E-state index in [0.717, 1.165) is 5.56 Å². The van der Waals surface area contributed by atoms with Crippen molar-refractivity contribution >= 4 is 33.6 Å². The Morgan fingerprint density at radius 1 is 1.32 bits per heavy atom. The average molecular weight is 400 g/mol. The molecule has 1 atom stereocenters. The Hall–Kier alpha value is -2.98. The minimum Gasteiger partial charge on any atom is -0.345 e. The number of nitriles is 1. The summed E-state index contributed by atoms with van der Waals surface area (Å²) in [5.74, 6) is -0.538. The van der Waals surface area contributed by atoms with E-state index in [2.05, 4.69) is 21.2 Å². The van der Waals surface area contributed by atoms with E-state index in [1.54, 1.807) is 6.07 Å². The SMILES string of the molecule is C[C@@H](NC(=O)/C(C#N)=C/c1ccc(Br)c([N+](=O)[O-])c1)c1ccccc1. The van der Waals surface area contributed by atoms with Crippen LogP contribution in [0.25, 0.3) is 6.08 Å². The van der Waals surface area contributed by atoms with Gasteiger partial charge in [0.05, 0.1) is 15.4 Å². The number of benzene rings is 2. The zero-order chi connectivity index (χ0) is 18.4. The van der Waals surface area contributed by atoms with Crippen LogP contribution in [0.3, 0.4) is 0 Å². The van der Waals surface area contributed by atoms with E-state index in [4.69, 9.17) is 0 Å². The number of carbonyl (C=O) groups is 1. The Bertz CT molecular complexity index is 873. The van der Waals surface area contributed by atoms with Crippen LogP contribution >= 0.6 is 15.9 Å². The molecule has 2 rings (SSSR count). The van der Waals surface area contributed by atoms with E-state index in [1.165, 1.54) is 18.2 Å². The molecule has 0 spiro atoms. The molecule has 0 bridgehead atoms. The third-order valence-corrected chi connectivity index (χ3v) is 4.16. The molecule has 2 aromatic carbocycles. The molecule has 0 aromatic heterocycles. The Morgan fingerprint density at radius 2 is 2.00 bits per heavy atom. The Balaban J connectivity index is 2.23. The number of halogens is 1. The molecule has 0 unspecified atom stereocenters. The second-order valence-corrected chi connectivity index (χ2v) is 6.10. The van der Waals surface area contributed by atoms with Crippen LogP contribution in [0.5, 0.6) is 0 Å². The molecule has 126 valence electrons. The molecule has 0 fully saturated rings. The molecular weight excluding hydrogens is 386 g/mol. The van der Waals surface area contributed by atoms with Crippen molar-refractivity contribution in [3.8, 4) is 6.07 Å². The fourth-order valence-corrected chi connectivity index (χ4v) is 2.57. The van der Waals surface area contributed by atoms with Gasteiger partial charge in [0.2, 0.25) is 0 Å². The van der Waals surface area contributed by atoms with Crippen LogP contribution in [0.2, 0.25) is 0 Å². The van der Waals surface area contributed by atoms with Gasteiger partial charge < -0.3 is 5.32 Å². The lowest BCUT2D eigenvalue weighted by Gasteiger charge is -2.13. The third-order valence-electron chi connectivity index (χ3n) is 3.49. The third kappa shape index (κ3) is 4.75. The lowest BCUT2D eigenvalue weighted by Crippen LogP contribution is -2.27. The van der Waals surface area contributed by atoms with Gasteiger partial charge in [-0.25, -0.2) is 0 Å². The Morgan fingerprint density at radius 3 is 2.60 bits per heavy atom. The van der Waals surface area contributed by atoms with Crippen LogP contribution in [-0.4, -0.2) is 10.8 Å². The summed E-state index contributed by atoms with van der Waals surface area (Å²) in [5, 5.41) is 23.0. The van der Waals surface area contributed by atoms with Crippen molar-refractivity contribution in [3.05, 3.63) is 79.8 Å². The van der Waals surface area contributed by atoms with Crippen molar-refractivity contribution in [2.45, 2.75) is 13.0 Å². The molecule has 2 aromatic rings. The molecule has 0 radical (unpaired) electrons. The van der Waals surface area contributed by atoms with Crippen molar-refractivity contribution in [3.63, 3.8) is 0 Å². The summed E-state index contributed by atoms with van der Waals surface area (Å²) in [7, 11) is 0. The highest BCUT2D eigenvalue weighted by Crippen LogP contribution is 2.26. The standard InChI is InChI=1S/C18H14BrN3O3/c1-12(14-5-3-2-4-6-14)21-18(23)15(11-20)9-13-7-8-16(19)17(10-13)22(24)25/h2-10,12H,1H3,(H,21,23)/b15-9+/t12-/m1/s1. The molecule has 0 saturated heterocycles. The van der Waals surface area contributed by atoms with Crippen molar-refractivity contribution in [2.24, 2.45) is 0 Å². The summed E-state index contributed by atoms with van der Waals surface area (Å²) >= 11 is 3.10. The second kappa shape index (κ2) is 8.22. The molecule has 0 aliphatic heterocycles. The smallest absolute Gasteiger partial charge is 0.284 e. The fraction of sp³-hybridized carbons (Fsp3) is 0.111. The van der Waals surface area contributed by atoms with Gasteiger partial charge in [-0.2, -0.15) is 5.26 Å². The van der Waals surface area contributed by atoms with Gasteiger partial charge in [-0.15, -0.1) is 0 Å². The topological polar surface area (TPSA) is 96.0 Å². The summed E-state index contributed by atoms with van der Waals surface area (Å²) in [4.78, 5) is 22.7. The van der Waals surface area contributed by atoms with Crippen LogP contribution < -0.4 is 5.32 Å². The monoisotopic (exact) mass is 399 g/mol. The first-order chi connectivity index (χ1) is 11.9. The minimum absolute atomic E-state index is 0.126.